The Kier molecular flexibility index (Phi) is 10.9. The summed E-state index contributed by atoms with van der Waals surface area (Å²) in [7, 11) is 0. The minimum atomic E-state index is -0.577. The Bertz CT molecular complexity index is 5090. The van der Waals surface area contributed by atoms with Crippen LogP contribution in [-0.2, 0) is 32.5 Å². The van der Waals surface area contributed by atoms with Gasteiger partial charge in [-0.05, 0) is 198 Å². The quantitative estimate of drug-likeness (QED) is 0.177. The summed E-state index contributed by atoms with van der Waals surface area (Å²) in [6.07, 6.45) is 6.91. The fourth-order valence-electron chi connectivity index (χ4n) is 18.3. The highest BCUT2D eigenvalue weighted by Gasteiger charge is 2.56. The van der Waals surface area contributed by atoms with E-state index in [4.69, 9.17) is 15.0 Å². The molecule has 3 spiro atoms. The maximum absolute atomic E-state index is 5.81. The van der Waals surface area contributed by atoms with Crippen LogP contribution in [0.4, 0.5) is 0 Å². The van der Waals surface area contributed by atoms with E-state index in [1.165, 1.54) is 150 Å². The highest BCUT2D eigenvalue weighted by molar-refractivity contribution is 6.00. The predicted molar refractivity (Wildman–Crippen MR) is 382 cm³/mol. The number of hydrogen-bond acceptors (Lipinski definition) is 3. The van der Waals surface area contributed by atoms with Gasteiger partial charge >= 0.3 is 0 Å². The highest BCUT2D eigenvalue weighted by Crippen LogP contribution is 2.67. The van der Waals surface area contributed by atoms with E-state index < -0.39 is 16.2 Å². The Morgan fingerprint density at radius 2 is 0.538 bits per heavy atom. The average molecular weight is 1190 g/mol. The monoisotopic (exact) mass is 1190 g/mol. The Morgan fingerprint density at radius 1 is 0.269 bits per heavy atom. The standard InChI is InChI=1S/C90H71N3/c1-85(2,3)55-37-43-67-64-40-34-52(46-76(64)88(79(67)49-55)70-28-16-10-22-58(70)59-23-11-17-29-71(59)88)82-91-83(53-35-41-65-68-44-38-56(86(4,5)6)50-80(68)89(77(65)47-53)72-30-18-12-24-60(72)61-25-13-19-31-73(61)89)93-84(92-82)54-36-42-66-69-45-39-57(87(7,8)9)51-81(69)90(78(66)48-54)74-32-20-14-26-62(74)63-27-15-21-33-75(63)90/h10-14,16-26,28-51H,15,27H2,1-9H3. The zero-order valence-corrected chi connectivity index (χ0v) is 54.3. The molecule has 7 aliphatic rings. The summed E-state index contributed by atoms with van der Waals surface area (Å²) < 4.78 is 0. The molecular formula is C90H71N3. The number of fused-ring (bicyclic) bond motifs is 29. The molecule has 0 amide bonds. The zero-order chi connectivity index (χ0) is 62.9. The van der Waals surface area contributed by atoms with Gasteiger partial charge in [0.2, 0.25) is 0 Å². The fourth-order valence-corrected chi connectivity index (χ4v) is 18.3. The van der Waals surface area contributed by atoms with Crippen LogP contribution in [0.25, 0.3) is 95.4 Å². The molecule has 0 saturated carbocycles. The van der Waals surface area contributed by atoms with Crippen molar-refractivity contribution < 1.29 is 0 Å². The molecule has 3 heteroatoms. The third kappa shape index (κ3) is 7.07. The van der Waals surface area contributed by atoms with Gasteiger partial charge in [-0.2, -0.15) is 0 Å². The highest BCUT2D eigenvalue weighted by atomic mass is 15.0. The van der Waals surface area contributed by atoms with Crippen molar-refractivity contribution in [1.82, 2.24) is 15.0 Å². The number of benzene rings is 11. The van der Waals surface area contributed by atoms with Crippen LogP contribution >= 0.6 is 0 Å². The Morgan fingerprint density at radius 3 is 0.882 bits per heavy atom. The van der Waals surface area contributed by atoms with Crippen LogP contribution < -0.4 is 0 Å². The van der Waals surface area contributed by atoms with Gasteiger partial charge in [0.15, 0.2) is 17.5 Å². The fraction of sp³-hybridized carbons (Fsp3) is 0.189. The number of aromatic nitrogens is 3. The lowest BCUT2D eigenvalue weighted by Gasteiger charge is -2.33. The minimum absolute atomic E-state index is 0.0502. The first-order valence-electron chi connectivity index (χ1n) is 33.5. The number of hydrogen-bond donors (Lipinski definition) is 0. The third-order valence-electron chi connectivity index (χ3n) is 22.6. The van der Waals surface area contributed by atoms with Crippen molar-refractivity contribution in [1.29, 1.82) is 0 Å². The molecule has 0 bridgehead atoms. The van der Waals surface area contributed by atoms with Crippen LogP contribution in [0.15, 0.2) is 248 Å². The largest absolute Gasteiger partial charge is 0.208 e. The predicted octanol–water partition coefficient (Wildman–Crippen LogP) is 21.9. The first-order chi connectivity index (χ1) is 45.0. The molecule has 446 valence electrons. The minimum Gasteiger partial charge on any atom is -0.208 e. The molecule has 7 aliphatic carbocycles. The van der Waals surface area contributed by atoms with Gasteiger partial charge in [0.1, 0.15) is 0 Å². The van der Waals surface area contributed by atoms with Crippen molar-refractivity contribution in [2.45, 2.75) is 108 Å². The van der Waals surface area contributed by atoms with E-state index in [0.717, 1.165) is 29.5 Å². The van der Waals surface area contributed by atoms with Gasteiger partial charge in [-0.1, -0.05) is 287 Å². The Hall–Kier alpha value is -10.1. The zero-order valence-electron chi connectivity index (χ0n) is 54.3. The second-order valence-electron chi connectivity index (χ2n) is 30.4. The van der Waals surface area contributed by atoms with Crippen LogP contribution in [0.3, 0.4) is 0 Å². The third-order valence-corrected chi connectivity index (χ3v) is 22.6. The number of nitrogens with zero attached hydrogens (tertiary/aromatic N) is 3. The van der Waals surface area contributed by atoms with Crippen molar-refractivity contribution in [2.24, 2.45) is 0 Å². The van der Waals surface area contributed by atoms with E-state index >= 15 is 0 Å². The first-order valence-corrected chi connectivity index (χ1v) is 33.5. The normalized spacial score (nSPS) is 17.1. The first kappa shape index (κ1) is 54.6. The molecule has 12 aromatic rings. The Labute approximate surface area is 546 Å². The molecule has 0 N–H and O–H groups in total. The van der Waals surface area contributed by atoms with Crippen molar-refractivity contribution >= 4 is 5.57 Å². The maximum atomic E-state index is 5.81. The topological polar surface area (TPSA) is 38.7 Å². The summed E-state index contributed by atoms with van der Waals surface area (Å²) >= 11 is 0. The summed E-state index contributed by atoms with van der Waals surface area (Å²) in [5.41, 5.74) is 36.3. The smallest absolute Gasteiger partial charge is 0.164 e. The molecule has 3 nitrogen and oxygen atoms in total. The van der Waals surface area contributed by atoms with Crippen LogP contribution in [0.5, 0.6) is 0 Å². The number of allylic oxidation sites excluding steroid dienone is 4. The second-order valence-corrected chi connectivity index (χ2v) is 30.4. The van der Waals surface area contributed by atoms with Crippen LogP contribution in [0, 0.1) is 0 Å². The molecule has 1 unspecified atom stereocenters. The van der Waals surface area contributed by atoms with Gasteiger partial charge in [-0.15, -0.1) is 0 Å². The van der Waals surface area contributed by atoms with Gasteiger partial charge in [0, 0.05) is 16.7 Å². The van der Waals surface area contributed by atoms with E-state index in [-0.39, 0.29) is 16.2 Å². The van der Waals surface area contributed by atoms with E-state index in [0.29, 0.717) is 17.5 Å². The van der Waals surface area contributed by atoms with E-state index in [9.17, 15) is 0 Å². The van der Waals surface area contributed by atoms with E-state index in [2.05, 4.69) is 305 Å². The molecule has 0 aliphatic heterocycles. The van der Waals surface area contributed by atoms with Crippen molar-refractivity contribution in [2.75, 3.05) is 0 Å². The molecular weight excluding hydrogens is 1120 g/mol. The molecule has 1 heterocycles. The van der Waals surface area contributed by atoms with Crippen molar-refractivity contribution in [3.8, 4) is 89.8 Å². The molecule has 11 aromatic carbocycles. The van der Waals surface area contributed by atoms with Gasteiger partial charge in [0.05, 0.1) is 16.2 Å². The lowest BCUT2D eigenvalue weighted by molar-refractivity contribution is 0.588. The van der Waals surface area contributed by atoms with Gasteiger partial charge in [-0.3, -0.25) is 0 Å². The molecule has 0 saturated heterocycles. The molecule has 1 aromatic heterocycles. The summed E-state index contributed by atoms with van der Waals surface area (Å²) in [6, 6.07) is 88.9. The molecule has 19 rings (SSSR count). The lowest BCUT2D eigenvalue weighted by Crippen LogP contribution is -2.27. The maximum Gasteiger partial charge on any atom is 0.164 e. The van der Waals surface area contributed by atoms with E-state index in [1.54, 1.807) is 0 Å². The van der Waals surface area contributed by atoms with Gasteiger partial charge < -0.3 is 0 Å². The molecule has 1 atom stereocenters. The van der Waals surface area contributed by atoms with Crippen molar-refractivity contribution in [3.63, 3.8) is 0 Å². The summed E-state index contributed by atoms with van der Waals surface area (Å²) in [6.45, 7) is 21.0. The molecule has 93 heavy (non-hydrogen) atoms. The van der Waals surface area contributed by atoms with Gasteiger partial charge in [0.25, 0.3) is 0 Å². The van der Waals surface area contributed by atoms with Gasteiger partial charge in [-0.25, -0.2) is 15.0 Å². The second kappa shape index (κ2) is 18.6. The molecule has 0 fully saturated rings. The average Bonchev–Trinajstić information content (AvgIpc) is 1.53. The molecule has 0 radical (unpaired) electrons. The number of rotatable bonds is 3. The summed E-state index contributed by atoms with van der Waals surface area (Å²) in [4.78, 5) is 17.4. The Balaban J connectivity index is 0.873. The van der Waals surface area contributed by atoms with Crippen LogP contribution in [-0.4, -0.2) is 15.0 Å². The van der Waals surface area contributed by atoms with Crippen LogP contribution in [0.2, 0.25) is 0 Å². The lowest BCUT2D eigenvalue weighted by atomic mass is 9.68. The van der Waals surface area contributed by atoms with E-state index in [1.807, 2.05) is 0 Å². The van der Waals surface area contributed by atoms with Crippen molar-refractivity contribution in [3.05, 3.63) is 332 Å². The SMILES string of the molecule is CC(C)(C)c1ccc2c(c1)C1(C3=C(CCC=C3)c3ccccc31)c1cc(-c3nc(-c4ccc5c(c4)C4(c6ccccc6-c6ccccc64)c4cc(C(C)(C)C)ccc4-5)nc(-c4ccc5c(c4)C4(c6ccccc6-c6ccccc64)c4cc(C(C)(C)C)ccc4-5)n3)ccc1-2. The summed E-state index contributed by atoms with van der Waals surface area (Å²) in [5.74, 6) is 1.93. The van der Waals surface area contributed by atoms with Crippen LogP contribution in [0.1, 0.15) is 159 Å². The summed E-state index contributed by atoms with van der Waals surface area (Å²) in [5, 5.41) is 0.